The fourth-order valence-electron chi connectivity index (χ4n) is 13.6. The summed E-state index contributed by atoms with van der Waals surface area (Å²) in [4.78, 5) is 76.8. The van der Waals surface area contributed by atoms with E-state index in [-0.39, 0.29) is 56.7 Å². The Balaban J connectivity index is 0.000000283. The van der Waals surface area contributed by atoms with Crippen LogP contribution in [0.4, 0.5) is 5.69 Å². The van der Waals surface area contributed by atoms with Gasteiger partial charge in [0.15, 0.2) is 42.1 Å². The maximum absolute atomic E-state index is 14.4. The van der Waals surface area contributed by atoms with Crippen molar-refractivity contribution >= 4 is 64.4 Å². The highest BCUT2D eigenvalue weighted by molar-refractivity contribution is 6.24. The Morgan fingerprint density at radius 3 is 2.00 bits per heavy atom. The Morgan fingerprint density at radius 2 is 1.42 bits per heavy atom. The van der Waals surface area contributed by atoms with Gasteiger partial charge in [0, 0.05) is 105 Å². The molecule has 10 rings (SSSR count). The summed E-state index contributed by atoms with van der Waals surface area (Å²) in [7, 11) is 4.84. The number of nitrogens with zero attached hydrogens (tertiary/aromatic N) is 6. The van der Waals surface area contributed by atoms with E-state index in [4.69, 9.17) is 66.7 Å². The number of ether oxygens (including phenoxy) is 8. The zero-order valence-electron chi connectivity index (χ0n) is 62.3. The standard InChI is InChI=1S/C43H58N4O12.C21H39N7O12.C6H7N3O/c1-21-12-11-13-22(2)42(55)45-33-28(20-44-47-17-15-46(9)16-18-47)37(52)30-31(38(33)53)36(51)26(6)40-32(30)41(54)43(8,59-40)57-19-14-29(56-10)23(3)39(58-27(7)48)25(5)35(50)24(4)34(21)49;1-5-21(36,4-30)16(40-17-9(26-2)13(34)10(31)6(3-29)38-17)18(37-5)39-15-8(28-20(24)25)11(32)7(27-19(22)23)12(33)14(15)35;7-9-6(10)5-1-3-8-4-2-5/h11-14,19-21,23-25,29,34-35,39,49-53H,15-18H2,1-10H3,(H,45,55);4-18,26,29,31-36H,3H2,1-2H3,(H4,22,23,27)(H4,24,25,28);1-4H,7H2,(H,9,10)/b12-11+,19-14+,22-13-,44-20+;;/t21-,23+,24+,25+,29-,34-,35+,39+,43-;5-,6-,7+,8-,9-,10-,11+,12-,13-,14+,15+,16-,17-,18-,21+;/m00./s1. The van der Waals surface area contributed by atoms with E-state index < -0.39 is 199 Å². The van der Waals surface area contributed by atoms with Crippen molar-refractivity contribution in [1.82, 2.24) is 25.6 Å². The number of methoxy groups -OCH3 is 1. The van der Waals surface area contributed by atoms with Crippen LogP contribution in [0, 0.1) is 30.6 Å². The molecule has 39 nitrogen and oxygen atoms in total. The minimum Gasteiger partial charge on any atom is -0.507 e. The highest BCUT2D eigenvalue weighted by atomic mass is 16.8. The minimum atomic E-state index is -2.38. The monoisotopic (exact) mass is 1540 g/mol. The molecule has 7 heterocycles. The van der Waals surface area contributed by atoms with Crippen molar-refractivity contribution in [3.8, 4) is 23.0 Å². The molecule has 3 saturated heterocycles. The quantitative estimate of drug-likeness (QED) is 0.00839. The molecule has 1 saturated carbocycles. The molecular formula is C70H104N14O25. The van der Waals surface area contributed by atoms with E-state index in [1.54, 1.807) is 57.0 Å². The van der Waals surface area contributed by atoms with Crippen LogP contribution in [0.5, 0.6) is 23.0 Å². The number of Topliss-reactive ketones (excluding diaryl/α,β-unsaturated/α-hetero) is 1. The number of anilines is 1. The summed E-state index contributed by atoms with van der Waals surface area (Å²) >= 11 is 0. The predicted octanol–water partition coefficient (Wildman–Crippen LogP) is -4.14. The Morgan fingerprint density at radius 1 is 0.789 bits per heavy atom. The summed E-state index contributed by atoms with van der Waals surface area (Å²) < 4.78 is 46.5. The lowest BCUT2D eigenvalue weighted by Gasteiger charge is -2.45. The molecule has 7 aliphatic rings. The van der Waals surface area contributed by atoms with Gasteiger partial charge in [-0.25, -0.2) is 15.8 Å². The van der Waals surface area contributed by atoms with Crippen molar-refractivity contribution < 1.29 is 123 Å². The molecule has 5 bridgehead atoms. The maximum atomic E-state index is 14.4. The summed E-state index contributed by atoms with van der Waals surface area (Å²) in [6.45, 7) is 15.7. The number of piperazine rings is 1. The number of hydrazine groups is 1. The molecule has 2 aromatic carbocycles. The van der Waals surface area contributed by atoms with Crippen LogP contribution in [-0.2, 0) is 47.5 Å². The number of guanidine groups is 2. The zero-order chi connectivity index (χ0) is 81.2. The molecule has 25 N–H and O–H groups in total. The normalized spacial score (nSPS) is 35.6. The van der Waals surface area contributed by atoms with Gasteiger partial charge in [0.25, 0.3) is 17.6 Å². The second-order valence-electron chi connectivity index (χ2n) is 27.7. The van der Waals surface area contributed by atoms with Gasteiger partial charge in [-0.2, -0.15) is 5.10 Å². The van der Waals surface area contributed by atoms with Crippen LogP contribution in [0.2, 0.25) is 0 Å². The van der Waals surface area contributed by atoms with Crippen molar-refractivity contribution in [2.75, 3.05) is 59.3 Å². The van der Waals surface area contributed by atoms with E-state index in [1.165, 1.54) is 85.8 Å². The largest absolute Gasteiger partial charge is 0.507 e. The highest BCUT2D eigenvalue weighted by Gasteiger charge is 2.61. The molecule has 2 amide bonds. The van der Waals surface area contributed by atoms with Gasteiger partial charge in [0.1, 0.15) is 84.3 Å². The van der Waals surface area contributed by atoms with Gasteiger partial charge in [0.05, 0.1) is 71.7 Å². The molecule has 0 spiro atoms. The number of aldehydes is 1. The fraction of sp³-hybridized carbons (Fsp3) is 0.586. The van der Waals surface area contributed by atoms with Gasteiger partial charge in [-0.05, 0) is 53.1 Å². The number of allylic oxidation sites excluding steroid dienone is 2. The fourth-order valence-corrected chi connectivity index (χ4v) is 13.6. The SMILES string of the molecule is CN[C@@H]1[C@H](O[C@H]2[C@H](O[C@H]3[C@H](O)[C@@H](O)[C@H](N=C(N)N)[C@@H](O)[C@@H]3N=C(N)N)O[C@@H](C)[C@]2(O)C=O)O[C@@H](CO)[C@H](O)[C@H]1O.CO[C@H]1/C=C/O[C@@]2(C)Oc3c(C)c(O)c4c(O)c(c(/C=N/N5CCN(C)CC5)c(O)c4c3C2=O)NC(=O)/C(C)=C\C=C\[C@H](C)[C@H](O)[C@@H](C)[C@@H](O)[C@@H](C)[C@H](OC(C)=O)[C@@H]1C.NNC(=O)c1ccncc1. The number of hydrazone groups is 1. The molecule has 6 aliphatic heterocycles. The number of nitrogen functional groups attached to an aromatic ring is 1. The number of hydrogen-bond acceptors (Lipinski definition) is 33. The third kappa shape index (κ3) is 19.1. The molecule has 4 fully saturated rings. The van der Waals surface area contributed by atoms with Gasteiger partial charge >= 0.3 is 11.8 Å². The highest BCUT2D eigenvalue weighted by Crippen LogP contribution is 2.55. The first-order chi connectivity index (χ1) is 51.3. The smallest absolute Gasteiger partial charge is 0.312 e. The number of amides is 2. The van der Waals surface area contributed by atoms with Crippen LogP contribution in [0.3, 0.4) is 0 Å². The number of esters is 1. The molecule has 3 aromatic rings. The van der Waals surface area contributed by atoms with E-state index in [9.17, 15) is 85.3 Å². The van der Waals surface area contributed by atoms with Crippen molar-refractivity contribution in [2.24, 2.45) is 67.5 Å². The number of aromatic nitrogens is 1. The number of nitrogens with two attached hydrogens (primary N) is 5. The van der Waals surface area contributed by atoms with Crippen molar-refractivity contribution in [1.29, 1.82) is 0 Å². The van der Waals surface area contributed by atoms with E-state index in [1.807, 2.05) is 12.5 Å². The summed E-state index contributed by atoms with van der Waals surface area (Å²) in [5.74, 6) is -4.80. The molecule has 0 radical (unpaired) electrons. The van der Waals surface area contributed by atoms with Gasteiger partial charge in [-0.15, -0.1) is 0 Å². The first-order valence-corrected chi connectivity index (χ1v) is 34.9. The molecule has 24 atom stereocenters. The second-order valence-corrected chi connectivity index (χ2v) is 27.7. The van der Waals surface area contributed by atoms with Crippen LogP contribution in [0.1, 0.15) is 87.2 Å². The number of aliphatic imine (C=N–C) groups is 2. The van der Waals surface area contributed by atoms with Crippen molar-refractivity contribution in [2.45, 2.75) is 184 Å². The van der Waals surface area contributed by atoms with Crippen LogP contribution < -0.4 is 49.6 Å². The number of ketones is 1. The van der Waals surface area contributed by atoms with Gasteiger partial charge in [-0.3, -0.25) is 39.4 Å². The molecule has 39 heteroatoms. The first-order valence-electron chi connectivity index (χ1n) is 34.9. The Hall–Kier alpha value is -8.85. The third-order valence-corrected chi connectivity index (χ3v) is 20.3. The lowest BCUT2D eigenvalue weighted by molar-refractivity contribution is -0.314. The summed E-state index contributed by atoms with van der Waals surface area (Å²) in [6, 6.07) is -0.910. The number of phenols is 3. The van der Waals surface area contributed by atoms with Gasteiger partial charge < -0.3 is 138 Å². The number of hydrogen-bond donors (Lipinski definition) is 20. The molecule has 0 unspecified atom stereocenters. The van der Waals surface area contributed by atoms with Crippen LogP contribution in [-0.4, -0.2) is 300 Å². The predicted molar refractivity (Wildman–Crippen MR) is 389 cm³/mol. The number of phenolic OH excluding ortho intramolecular Hbond substituents is 3. The second kappa shape index (κ2) is 37.2. The number of rotatable bonds is 14. The van der Waals surface area contributed by atoms with E-state index in [0.29, 0.717) is 18.7 Å². The first kappa shape index (κ1) is 87.4. The summed E-state index contributed by atoms with van der Waals surface area (Å²) in [5, 5.41) is 143. The average Bonchev–Trinajstić information content (AvgIpc) is 1.62. The topological polar surface area (TPSA) is 625 Å². The molecular weight excluding hydrogens is 1440 g/mol. The van der Waals surface area contributed by atoms with Crippen LogP contribution in [0.25, 0.3) is 10.8 Å². The number of benzene rings is 2. The average molecular weight is 1540 g/mol. The number of aliphatic hydroxyl groups excluding tert-OH is 8. The maximum Gasteiger partial charge on any atom is 0.312 e. The minimum absolute atomic E-state index is 0.0559. The van der Waals surface area contributed by atoms with Crippen molar-refractivity contribution in [3.63, 3.8) is 0 Å². The number of aromatic hydroxyl groups is 3. The number of pyridine rings is 1. The van der Waals surface area contributed by atoms with E-state index in [2.05, 4.69) is 35.6 Å². The Kier molecular flexibility index (Phi) is 29.9. The lowest BCUT2D eigenvalue weighted by Crippen LogP contribution is -2.66. The number of nitrogens with one attached hydrogen (secondary N) is 3. The number of aliphatic hydroxyl groups is 9. The number of likely N-dealkylation sites (N-methyl/N-ethyl adjacent to an activating group) is 2. The van der Waals surface area contributed by atoms with E-state index in [0.717, 1.165) is 13.1 Å². The van der Waals surface area contributed by atoms with Gasteiger partial charge in [-0.1, -0.05) is 45.9 Å². The zero-order valence-corrected chi connectivity index (χ0v) is 62.3. The molecule has 604 valence electrons. The number of fused-ring (bicyclic) bond motifs is 14. The summed E-state index contributed by atoms with van der Waals surface area (Å²) in [6.07, 6.45) is -9.39. The molecule has 1 aliphatic carbocycles. The molecule has 1 aromatic heterocycles. The van der Waals surface area contributed by atoms with E-state index >= 15 is 0 Å². The lowest BCUT2D eigenvalue weighted by atomic mass is 9.78. The molecule has 109 heavy (non-hydrogen) atoms. The number of carbonyl (C=O) groups is 5. The summed E-state index contributed by atoms with van der Waals surface area (Å²) in [5.41, 5.74) is 21.6. The van der Waals surface area contributed by atoms with Gasteiger partial charge in [0.2, 0.25) is 0 Å². The van der Waals surface area contributed by atoms with Crippen LogP contribution >= 0.6 is 0 Å². The Bertz CT molecular complexity index is 3880. The number of carbonyl (C=O) groups excluding carboxylic acids is 5. The van der Waals surface area contributed by atoms with Crippen molar-refractivity contribution in [3.05, 3.63) is 82.9 Å². The third-order valence-electron chi connectivity index (χ3n) is 20.3. The Labute approximate surface area is 627 Å². The van der Waals surface area contributed by atoms with Crippen LogP contribution in [0.15, 0.2) is 75.8 Å².